The van der Waals surface area contributed by atoms with Crippen LogP contribution in [0.2, 0.25) is 0 Å². The zero-order valence-electron chi connectivity index (χ0n) is 10.5. The molecule has 1 aromatic carbocycles. The minimum atomic E-state index is 0.904. The number of rotatable bonds is 1. The van der Waals surface area contributed by atoms with E-state index in [-0.39, 0.29) is 0 Å². The first-order chi connectivity index (χ1) is 9.45. The molecule has 1 aliphatic rings. The third kappa shape index (κ3) is 1.57. The Bertz CT molecular complexity index is 730. The summed E-state index contributed by atoms with van der Waals surface area (Å²) < 4.78 is 2.25. The van der Waals surface area contributed by atoms with Crippen molar-refractivity contribution in [1.82, 2.24) is 19.9 Å². The van der Waals surface area contributed by atoms with E-state index in [0.29, 0.717) is 0 Å². The maximum Gasteiger partial charge on any atom is 0.155 e. The Morgan fingerprint density at radius 2 is 2.11 bits per heavy atom. The van der Waals surface area contributed by atoms with Gasteiger partial charge in [0.25, 0.3) is 0 Å². The fourth-order valence-corrected chi connectivity index (χ4v) is 2.91. The Balaban J connectivity index is 2.09. The highest BCUT2D eigenvalue weighted by molar-refractivity contribution is 5.87. The van der Waals surface area contributed by atoms with Crippen molar-refractivity contribution in [3.8, 4) is 5.82 Å². The number of aromatic nitrogens is 3. The number of hydrogen-bond acceptors (Lipinski definition) is 3. The molecule has 4 nitrogen and oxygen atoms in total. The molecule has 0 atom stereocenters. The summed E-state index contributed by atoms with van der Waals surface area (Å²) in [5.74, 6) is 0.904. The number of para-hydroxylation sites is 1. The second-order valence-electron chi connectivity index (χ2n) is 4.77. The molecule has 2 aromatic heterocycles. The predicted molar refractivity (Wildman–Crippen MR) is 74.3 cm³/mol. The fraction of sp³-hybridized carbons (Fsp3) is 0.200. The molecule has 0 bridgehead atoms. The summed E-state index contributed by atoms with van der Waals surface area (Å²) in [5, 5.41) is 4.76. The molecule has 4 rings (SSSR count). The zero-order chi connectivity index (χ0) is 12.7. The van der Waals surface area contributed by atoms with Gasteiger partial charge in [-0.15, -0.1) is 0 Å². The summed E-state index contributed by atoms with van der Waals surface area (Å²) >= 11 is 0. The van der Waals surface area contributed by atoms with Crippen LogP contribution in [-0.4, -0.2) is 21.1 Å². The normalized spacial score (nSPS) is 14.5. The van der Waals surface area contributed by atoms with Crippen LogP contribution in [0.25, 0.3) is 16.7 Å². The van der Waals surface area contributed by atoms with Crippen molar-refractivity contribution in [2.24, 2.45) is 0 Å². The second-order valence-corrected chi connectivity index (χ2v) is 4.77. The lowest BCUT2D eigenvalue weighted by molar-refractivity contribution is 0.630. The van der Waals surface area contributed by atoms with Gasteiger partial charge >= 0.3 is 0 Å². The lowest BCUT2D eigenvalue weighted by atomic mass is 10.1. The Kier molecular flexibility index (Phi) is 2.35. The topological polar surface area (TPSA) is 42.7 Å². The first-order valence-electron chi connectivity index (χ1n) is 6.53. The molecule has 0 unspecified atom stereocenters. The van der Waals surface area contributed by atoms with Gasteiger partial charge in [0.15, 0.2) is 5.82 Å². The van der Waals surface area contributed by atoms with E-state index >= 15 is 0 Å². The van der Waals surface area contributed by atoms with Gasteiger partial charge in [0.1, 0.15) is 0 Å². The molecule has 1 N–H and O–H groups in total. The molecular weight excluding hydrogens is 236 g/mol. The van der Waals surface area contributed by atoms with Gasteiger partial charge in [0.05, 0.1) is 11.7 Å². The van der Waals surface area contributed by atoms with Gasteiger partial charge in [-0.25, -0.2) is 4.98 Å². The molecule has 0 fully saturated rings. The highest BCUT2D eigenvalue weighted by Gasteiger charge is 2.20. The largest absolute Gasteiger partial charge is 0.312 e. The maximum absolute atomic E-state index is 4.46. The smallest absolute Gasteiger partial charge is 0.155 e. The number of nitrogens with one attached hydrogen (secondary N) is 1. The fourth-order valence-electron chi connectivity index (χ4n) is 2.91. The van der Waals surface area contributed by atoms with E-state index in [1.807, 2.05) is 6.20 Å². The summed E-state index contributed by atoms with van der Waals surface area (Å²) in [4.78, 5) is 8.66. The first-order valence-corrected chi connectivity index (χ1v) is 6.53. The van der Waals surface area contributed by atoms with E-state index in [9.17, 15) is 0 Å². The predicted octanol–water partition coefficient (Wildman–Crippen LogP) is 2.07. The van der Waals surface area contributed by atoms with Gasteiger partial charge in [-0.05, 0) is 11.6 Å². The third-order valence-corrected chi connectivity index (χ3v) is 3.71. The van der Waals surface area contributed by atoms with Gasteiger partial charge in [-0.2, -0.15) is 0 Å². The van der Waals surface area contributed by atoms with E-state index in [2.05, 4.69) is 44.1 Å². The van der Waals surface area contributed by atoms with Crippen LogP contribution in [-0.2, 0) is 13.0 Å². The zero-order valence-corrected chi connectivity index (χ0v) is 10.5. The summed E-state index contributed by atoms with van der Waals surface area (Å²) in [5.41, 5.74) is 3.98. The average Bonchev–Trinajstić information content (AvgIpc) is 2.83. The van der Waals surface area contributed by atoms with Crippen molar-refractivity contribution < 1.29 is 0 Å². The van der Waals surface area contributed by atoms with Crippen LogP contribution in [0.3, 0.4) is 0 Å². The lowest BCUT2D eigenvalue weighted by Gasteiger charge is -2.16. The van der Waals surface area contributed by atoms with Crippen molar-refractivity contribution in [2.75, 3.05) is 6.54 Å². The van der Waals surface area contributed by atoms with Crippen LogP contribution >= 0.6 is 0 Å². The van der Waals surface area contributed by atoms with Crippen molar-refractivity contribution in [1.29, 1.82) is 0 Å². The van der Waals surface area contributed by atoms with Crippen LogP contribution < -0.4 is 5.32 Å². The van der Waals surface area contributed by atoms with Crippen molar-refractivity contribution in [3.63, 3.8) is 0 Å². The highest BCUT2D eigenvalue weighted by Crippen LogP contribution is 2.30. The molecule has 0 spiro atoms. The molecule has 4 heteroatoms. The quantitative estimate of drug-likeness (QED) is 0.719. The van der Waals surface area contributed by atoms with Crippen molar-refractivity contribution >= 4 is 10.9 Å². The molecule has 0 saturated heterocycles. The van der Waals surface area contributed by atoms with E-state index in [0.717, 1.165) is 25.3 Å². The molecule has 3 aromatic rings. The lowest BCUT2D eigenvalue weighted by Crippen LogP contribution is -2.24. The number of fused-ring (bicyclic) bond motifs is 3. The van der Waals surface area contributed by atoms with Crippen LogP contribution in [0.5, 0.6) is 0 Å². The Morgan fingerprint density at radius 1 is 1.16 bits per heavy atom. The second kappa shape index (κ2) is 4.17. The number of hydrogen-bond donors (Lipinski definition) is 1. The van der Waals surface area contributed by atoms with E-state index < -0.39 is 0 Å². The molecule has 94 valence electrons. The molecular formula is C15H14N4. The summed E-state index contributed by atoms with van der Waals surface area (Å²) in [6.45, 7) is 1.95. The van der Waals surface area contributed by atoms with Crippen molar-refractivity contribution in [3.05, 3.63) is 54.1 Å². The Morgan fingerprint density at radius 3 is 3.00 bits per heavy atom. The monoisotopic (exact) mass is 250 g/mol. The standard InChI is InChI=1S/C15H14N4/c1-2-4-13-11(3-1)12-9-16-6-5-14(12)19(13)15-10-17-7-8-18-15/h1-4,7-8,10,16H,5-6,9H2. The van der Waals surface area contributed by atoms with Crippen molar-refractivity contribution in [2.45, 2.75) is 13.0 Å². The molecule has 0 amide bonds. The molecule has 19 heavy (non-hydrogen) atoms. The van der Waals surface area contributed by atoms with Gasteiger partial charge in [0, 0.05) is 43.0 Å². The van der Waals surface area contributed by atoms with Crippen LogP contribution in [0.4, 0.5) is 0 Å². The minimum Gasteiger partial charge on any atom is -0.312 e. The van der Waals surface area contributed by atoms with Crippen LogP contribution in [0.15, 0.2) is 42.9 Å². The van der Waals surface area contributed by atoms with E-state index in [4.69, 9.17) is 0 Å². The van der Waals surface area contributed by atoms with E-state index in [1.54, 1.807) is 12.4 Å². The molecule has 0 radical (unpaired) electrons. The SMILES string of the molecule is c1ccc2c(c1)c1c(n2-c2cnccn2)CCNC1. The van der Waals surface area contributed by atoms with Crippen LogP contribution in [0.1, 0.15) is 11.3 Å². The first kappa shape index (κ1) is 10.7. The summed E-state index contributed by atoms with van der Waals surface area (Å²) in [6, 6.07) is 8.52. The van der Waals surface area contributed by atoms with Gasteiger partial charge in [-0.3, -0.25) is 9.55 Å². The maximum atomic E-state index is 4.46. The molecule has 0 aliphatic carbocycles. The molecule has 0 saturated carbocycles. The summed E-state index contributed by atoms with van der Waals surface area (Å²) in [7, 11) is 0. The van der Waals surface area contributed by atoms with E-state index in [1.165, 1.54) is 22.2 Å². The Labute approximate surface area is 111 Å². The molecule has 3 heterocycles. The average molecular weight is 250 g/mol. The number of nitrogens with zero attached hydrogens (tertiary/aromatic N) is 3. The van der Waals surface area contributed by atoms with Gasteiger partial charge in [-0.1, -0.05) is 18.2 Å². The number of benzene rings is 1. The van der Waals surface area contributed by atoms with Gasteiger partial charge < -0.3 is 5.32 Å². The van der Waals surface area contributed by atoms with Gasteiger partial charge in [0.2, 0.25) is 0 Å². The summed E-state index contributed by atoms with van der Waals surface area (Å²) in [6.07, 6.45) is 6.32. The third-order valence-electron chi connectivity index (χ3n) is 3.71. The van der Waals surface area contributed by atoms with Crippen LogP contribution in [0, 0.1) is 0 Å². The minimum absolute atomic E-state index is 0.904. The molecule has 1 aliphatic heterocycles. The Hall–Kier alpha value is -2.20. The highest BCUT2D eigenvalue weighted by atomic mass is 15.1.